The lowest BCUT2D eigenvalue weighted by Crippen LogP contribution is -2.57. The van der Waals surface area contributed by atoms with Crippen molar-refractivity contribution in [1.82, 2.24) is 15.5 Å². The molecule has 0 aromatic heterocycles. The summed E-state index contributed by atoms with van der Waals surface area (Å²) in [6.45, 7) is 0.294. The van der Waals surface area contributed by atoms with Gasteiger partial charge in [0, 0.05) is 38.8 Å². The van der Waals surface area contributed by atoms with Crippen LogP contribution in [0.3, 0.4) is 0 Å². The predicted molar refractivity (Wildman–Crippen MR) is 79.7 cm³/mol. The molecule has 11 heteroatoms. The maximum Gasteiger partial charge on any atom is 0.405 e. The zero-order chi connectivity index (χ0) is 18.6. The average Bonchev–Trinajstić information content (AvgIpc) is 2.54. The third-order valence-electron chi connectivity index (χ3n) is 3.83. The first kappa shape index (κ1) is 19.1. The van der Waals surface area contributed by atoms with Crippen LogP contribution in [0.1, 0.15) is 10.4 Å². The van der Waals surface area contributed by atoms with Crippen LogP contribution >= 0.6 is 0 Å². The maximum atomic E-state index is 13.3. The molecule has 2 N–H and O–H groups in total. The van der Waals surface area contributed by atoms with Gasteiger partial charge >= 0.3 is 6.18 Å². The molecule has 1 heterocycles. The van der Waals surface area contributed by atoms with E-state index in [0.29, 0.717) is 19.2 Å². The molecule has 1 aliphatic rings. The summed E-state index contributed by atoms with van der Waals surface area (Å²) in [4.78, 5) is 23.2. The highest BCUT2D eigenvalue weighted by Crippen LogP contribution is 2.25. The Morgan fingerprint density at radius 1 is 1.36 bits per heavy atom. The Bertz CT molecular complexity index is 647. The first-order valence-electron chi connectivity index (χ1n) is 7.44. The molecule has 1 amide bonds. The number of alkyl halides is 3. The minimum absolute atomic E-state index is 0.153. The van der Waals surface area contributed by atoms with Crippen molar-refractivity contribution in [3.05, 3.63) is 39.7 Å². The Balaban J connectivity index is 2.13. The molecule has 0 spiro atoms. The van der Waals surface area contributed by atoms with E-state index in [1.165, 1.54) is 4.90 Å². The number of rotatable bonds is 5. The number of nitro benzene ring substituents is 1. The highest BCUT2D eigenvalue weighted by Gasteiger charge is 2.44. The first-order chi connectivity index (χ1) is 11.7. The Morgan fingerprint density at radius 2 is 2.00 bits per heavy atom. The zero-order valence-corrected chi connectivity index (χ0v) is 13.0. The topological polar surface area (TPSA) is 87.5 Å². The van der Waals surface area contributed by atoms with Crippen molar-refractivity contribution in [3.63, 3.8) is 0 Å². The number of carbonyl (C=O) groups excluding carboxylic acids is 1. The molecule has 0 bridgehead atoms. The van der Waals surface area contributed by atoms with E-state index in [-0.39, 0.29) is 13.1 Å². The second-order valence-corrected chi connectivity index (χ2v) is 5.47. The smallest absolute Gasteiger partial charge is 0.350 e. The SMILES string of the molecule is O=C(NCC(N1CCNCC1)C(F)(F)F)c1cc(F)ccc1[N+](=O)[O-]. The van der Waals surface area contributed by atoms with Crippen molar-refractivity contribution < 1.29 is 27.3 Å². The number of piperazine rings is 1. The summed E-state index contributed by atoms with van der Waals surface area (Å²) < 4.78 is 53.0. The Hall–Kier alpha value is -2.27. The molecule has 7 nitrogen and oxygen atoms in total. The van der Waals surface area contributed by atoms with Crippen LogP contribution in [0.2, 0.25) is 0 Å². The highest BCUT2D eigenvalue weighted by atomic mass is 19.4. The molecule has 2 rings (SSSR count). The number of nitrogens with one attached hydrogen (secondary N) is 2. The molecule has 1 unspecified atom stereocenters. The van der Waals surface area contributed by atoms with Gasteiger partial charge in [0.2, 0.25) is 0 Å². The van der Waals surface area contributed by atoms with Gasteiger partial charge in [0.15, 0.2) is 0 Å². The average molecular weight is 364 g/mol. The number of nitrogens with zero attached hydrogens (tertiary/aromatic N) is 2. The fourth-order valence-corrected chi connectivity index (χ4v) is 2.58. The van der Waals surface area contributed by atoms with Gasteiger partial charge in [0.05, 0.1) is 4.92 Å². The van der Waals surface area contributed by atoms with Crippen molar-refractivity contribution >= 4 is 11.6 Å². The number of amides is 1. The first-order valence-corrected chi connectivity index (χ1v) is 7.44. The summed E-state index contributed by atoms with van der Waals surface area (Å²) in [6.07, 6.45) is -4.58. The zero-order valence-electron chi connectivity index (χ0n) is 13.0. The van der Waals surface area contributed by atoms with Crippen LogP contribution < -0.4 is 10.6 Å². The van der Waals surface area contributed by atoms with Crippen LogP contribution in [0.4, 0.5) is 23.2 Å². The minimum Gasteiger partial charge on any atom is -0.350 e. The lowest BCUT2D eigenvalue weighted by atomic mass is 10.1. The quantitative estimate of drug-likeness (QED) is 0.467. The fraction of sp³-hybridized carbons (Fsp3) is 0.500. The van der Waals surface area contributed by atoms with Crippen molar-refractivity contribution in [2.75, 3.05) is 32.7 Å². The van der Waals surface area contributed by atoms with Crippen molar-refractivity contribution in [1.29, 1.82) is 0 Å². The van der Waals surface area contributed by atoms with E-state index < -0.39 is 46.7 Å². The lowest BCUT2D eigenvalue weighted by molar-refractivity contribution is -0.385. The van der Waals surface area contributed by atoms with Gasteiger partial charge in [-0.2, -0.15) is 13.2 Å². The normalized spacial score (nSPS) is 17.1. The summed E-state index contributed by atoms with van der Waals surface area (Å²) in [5.74, 6) is -2.03. The van der Waals surface area contributed by atoms with Crippen LogP contribution in [-0.2, 0) is 0 Å². The predicted octanol–water partition coefficient (Wildman–Crippen LogP) is 1.30. The number of hydrogen-bond donors (Lipinski definition) is 2. The van der Waals surface area contributed by atoms with E-state index in [2.05, 4.69) is 5.32 Å². The summed E-state index contributed by atoms with van der Waals surface area (Å²) in [5, 5.41) is 15.8. The van der Waals surface area contributed by atoms with Crippen LogP contribution in [0.25, 0.3) is 0 Å². The summed E-state index contributed by atoms with van der Waals surface area (Å²) in [6, 6.07) is 0.294. The molecule has 1 fully saturated rings. The summed E-state index contributed by atoms with van der Waals surface area (Å²) >= 11 is 0. The molecular formula is C14H16F4N4O3. The van der Waals surface area contributed by atoms with Gasteiger partial charge in [0.25, 0.3) is 11.6 Å². The van der Waals surface area contributed by atoms with E-state index in [4.69, 9.17) is 0 Å². The molecule has 0 saturated carbocycles. The molecule has 1 aromatic rings. The summed E-state index contributed by atoms with van der Waals surface area (Å²) in [7, 11) is 0. The number of hydrogen-bond acceptors (Lipinski definition) is 5. The van der Waals surface area contributed by atoms with Gasteiger partial charge in [-0.3, -0.25) is 19.8 Å². The van der Waals surface area contributed by atoms with E-state index in [1.54, 1.807) is 0 Å². The molecule has 25 heavy (non-hydrogen) atoms. The molecule has 1 aromatic carbocycles. The molecule has 1 atom stereocenters. The van der Waals surface area contributed by atoms with Crippen molar-refractivity contribution in [2.24, 2.45) is 0 Å². The van der Waals surface area contributed by atoms with E-state index in [0.717, 1.165) is 12.1 Å². The van der Waals surface area contributed by atoms with Crippen LogP contribution in [0, 0.1) is 15.9 Å². The third-order valence-corrected chi connectivity index (χ3v) is 3.83. The van der Waals surface area contributed by atoms with Crippen molar-refractivity contribution in [3.8, 4) is 0 Å². The minimum atomic E-state index is -4.58. The molecule has 1 saturated heterocycles. The van der Waals surface area contributed by atoms with Gasteiger partial charge in [-0.15, -0.1) is 0 Å². The second kappa shape index (κ2) is 7.74. The van der Waals surface area contributed by atoms with Crippen LogP contribution in [0.5, 0.6) is 0 Å². The van der Waals surface area contributed by atoms with Gasteiger partial charge in [0.1, 0.15) is 17.4 Å². The van der Waals surface area contributed by atoms with Crippen molar-refractivity contribution in [2.45, 2.75) is 12.2 Å². The van der Waals surface area contributed by atoms with E-state index in [1.807, 2.05) is 5.32 Å². The second-order valence-electron chi connectivity index (χ2n) is 5.47. The van der Waals surface area contributed by atoms with Gasteiger partial charge in [-0.1, -0.05) is 0 Å². The van der Waals surface area contributed by atoms with Gasteiger partial charge in [-0.05, 0) is 12.1 Å². The maximum absolute atomic E-state index is 13.3. The number of benzene rings is 1. The number of carbonyl (C=O) groups is 1. The molecular weight excluding hydrogens is 348 g/mol. The Morgan fingerprint density at radius 3 is 2.56 bits per heavy atom. The van der Waals surface area contributed by atoms with Crippen LogP contribution in [0.15, 0.2) is 18.2 Å². The monoisotopic (exact) mass is 364 g/mol. The lowest BCUT2D eigenvalue weighted by Gasteiger charge is -2.35. The third kappa shape index (κ3) is 4.86. The van der Waals surface area contributed by atoms with E-state index >= 15 is 0 Å². The largest absolute Gasteiger partial charge is 0.405 e. The number of halogens is 4. The molecule has 1 aliphatic heterocycles. The van der Waals surface area contributed by atoms with Crippen LogP contribution in [-0.4, -0.2) is 60.7 Å². The molecule has 0 aliphatic carbocycles. The van der Waals surface area contributed by atoms with Gasteiger partial charge in [-0.25, -0.2) is 4.39 Å². The van der Waals surface area contributed by atoms with Gasteiger partial charge < -0.3 is 10.6 Å². The fourth-order valence-electron chi connectivity index (χ4n) is 2.58. The molecule has 138 valence electrons. The highest BCUT2D eigenvalue weighted by molar-refractivity contribution is 5.98. The summed E-state index contributed by atoms with van der Waals surface area (Å²) in [5.41, 5.74) is -1.30. The van der Waals surface area contributed by atoms with E-state index in [9.17, 15) is 32.5 Å². The Kier molecular flexibility index (Phi) is 5.90. The standard InChI is InChI=1S/C14H16F4N4O3/c15-9-1-2-11(22(24)25)10(7-9)13(23)20-8-12(14(16,17)18)21-5-3-19-4-6-21/h1-2,7,12,19H,3-6,8H2,(H,20,23). The molecule has 0 radical (unpaired) electrons. The number of nitro groups is 1. The Labute approximate surface area is 140 Å².